The van der Waals surface area contributed by atoms with Crippen molar-refractivity contribution in [2.75, 3.05) is 0 Å². The van der Waals surface area contributed by atoms with E-state index >= 15 is 0 Å². The molecular formula is C19H22N2O. The first kappa shape index (κ1) is 14.8. The molecule has 0 radical (unpaired) electrons. The van der Waals surface area contributed by atoms with Gasteiger partial charge in [-0.15, -0.1) is 0 Å². The SMILES string of the molecule is ON=C1CCC(NC(c2ccccc2)c2ccccc2)CC1. The van der Waals surface area contributed by atoms with E-state index in [2.05, 4.69) is 71.1 Å². The number of nitrogens with one attached hydrogen (secondary N) is 1. The Balaban J connectivity index is 1.78. The summed E-state index contributed by atoms with van der Waals surface area (Å²) in [6, 6.07) is 21.8. The van der Waals surface area contributed by atoms with Gasteiger partial charge in [-0.05, 0) is 36.8 Å². The van der Waals surface area contributed by atoms with Crippen LogP contribution in [-0.4, -0.2) is 17.0 Å². The van der Waals surface area contributed by atoms with Gasteiger partial charge < -0.3 is 10.5 Å². The highest BCUT2D eigenvalue weighted by molar-refractivity contribution is 5.84. The average Bonchev–Trinajstić information content (AvgIpc) is 2.62. The van der Waals surface area contributed by atoms with Crippen LogP contribution in [-0.2, 0) is 0 Å². The van der Waals surface area contributed by atoms with E-state index in [-0.39, 0.29) is 6.04 Å². The highest BCUT2D eigenvalue weighted by Gasteiger charge is 2.22. The lowest BCUT2D eigenvalue weighted by Crippen LogP contribution is -2.36. The molecule has 0 aromatic heterocycles. The monoisotopic (exact) mass is 294 g/mol. The van der Waals surface area contributed by atoms with Crippen molar-refractivity contribution in [3.63, 3.8) is 0 Å². The molecule has 1 aliphatic rings. The molecule has 0 unspecified atom stereocenters. The van der Waals surface area contributed by atoms with E-state index in [9.17, 15) is 0 Å². The summed E-state index contributed by atoms with van der Waals surface area (Å²) in [6.07, 6.45) is 3.81. The predicted octanol–water partition coefficient (Wildman–Crippen LogP) is 4.14. The summed E-state index contributed by atoms with van der Waals surface area (Å²) in [5.41, 5.74) is 3.50. The van der Waals surface area contributed by atoms with Crippen molar-refractivity contribution >= 4 is 5.71 Å². The molecule has 3 nitrogen and oxygen atoms in total. The second-order valence-corrected chi connectivity index (χ2v) is 5.86. The Morgan fingerprint density at radius 1 is 0.864 bits per heavy atom. The Kier molecular flexibility index (Phi) is 4.86. The van der Waals surface area contributed by atoms with Gasteiger partial charge in [-0.1, -0.05) is 65.8 Å². The van der Waals surface area contributed by atoms with Crippen molar-refractivity contribution in [3.8, 4) is 0 Å². The third kappa shape index (κ3) is 3.55. The van der Waals surface area contributed by atoms with Crippen LogP contribution in [0.1, 0.15) is 42.9 Å². The second-order valence-electron chi connectivity index (χ2n) is 5.86. The number of nitrogens with zero attached hydrogens (tertiary/aromatic N) is 1. The van der Waals surface area contributed by atoms with E-state index in [0.29, 0.717) is 6.04 Å². The van der Waals surface area contributed by atoms with Crippen molar-refractivity contribution in [3.05, 3.63) is 71.8 Å². The molecule has 22 heavy (non-hydrogen) atoms. The molecule has 2 N–H and O–H groups in total. The van der Waals surface area contributed by atoms with E-state index in [0.717, 1.165) is 31.4 Å². The number of hydrogen-bond donors (Lipinski definition) is 2. The molecule has 3 rings (SSSR count). The Bertz CT molecular complexity index is 560. The standard InChI is InChI=1S/C19H22N2O/c22-21-18-13-11-17(12-14-18)20-19(15-7-3-1-4-8-15)16-9-5-2-6-10-16/h1-10,17,19-20,22H,11-14H2. The molecule has 0 aliphatic heterocycles. The maximum absolute atomic E-state index is 8.88. The fraction of sp³-hybridized carbons (Fsp3) is 0.316. The zero-order valence-electron chi connectivity index (χ0n) is 12.7. The van der Waals surface area contributed by atoms with Gasteiger partial charge in [-0.2, -0.15) is 0 Å². The largest absolute Gasteiger partial charge is 0.411 e. The maximum Gasteiger partial charge on any atom is 0.0578 e. The maximum atomic E-state index is 8.88. The van der Waals surface area contributed by atoms with Crippen LogP contribution >= 0.6 is 0 Å². The van der Waals surface area contributed by atoms with Crippen LogP contribution in [0.25, 0.3) is 0 Å². The lowest BCUT2D eigenvalue weighted by Gasteiger charge is -2.29. The van der Waals surface area contributed by atoms with Gasteiger partial charge in [0.05, 0.1) is 11.8 Å². The summed E-state index contributed by atoms with van der Waals surface area (Å²) < 4.78 is 0. The van der Waals surface area contributed by atoms with Gasteiger partial charge in [-0.3, -0.25) is 0 Å². The van der Waals surface area contributed by atoms with Crippen LogP contribution < -0.4 is 5.32 Å². The molecule has 0 amide bonds. The second kappa shape index (κ2) is 7.23. The lowest BCUT2D eigenvalue weighted by atomic mass is 9.91. The van der Waals surface area contributed by atoms with Gasteiger partial charge in [0.25, 0.3) is 0 Å². The van der Waals surface area contributed by atoms with Crippen LogP contribution in [0.4, 0.5) is 0 Å². The summed E-state index contributed by atoms with van der Waals surface area (Å²) >= 11 is 0. The van der Waals surface area contributed by atoms with Gasteiger partial charge in [-0.25, -0.2) is 0 Å². The lowest BCUT2D eigenvalue weighted by molar-refractivity contribution is 0.310. The Hall–Kier alpha value is -2.13. The minimum Gasteiger partial charge on any atom is -0.411 e. The van der Waals surface area contributed by atoms with Crippen molar-refractivity contribution < 1.29 is 5.21 Å². The van der Waals surface area contributed by atoms with Gasteiger partial charge in [0.15, 0.2) is 0 Å². The Morgan fingerprint density at radius 2 is 1.36 bits per heavy atom. The molecule has 0 saturated heterocycles. The van der Waals surface area contributed by atoms with Gasteiger partial charge >= 0.3 is 0 Å². The molecule has 1 fully saturated rings. The molecule has 114 valence electrons. The Morgan fingerprint density at radius 3 is 1.82 bits per heavy atom. The van der Waals surface area contributed by atoms with Gasteiger partial charge in [0, 0.05) is 6.04 Å². The first-order valence-corrected chi connectivity index (χ1v) is 7.92. The topological polar surface area (TPSA) is 44.6 Å². The molecule has 1 aliphatic carbocycles. The number of hydrogen-bond acceptors (Lipinski definition) is 3. The fourth-order valence-electron chi connectivity index (χ4n) is 3.13. The normalized spacial score (nSPS) is 18.4. The third-order valence-electron chi connectivity index (χ3n) is 4.37. The van der Waals surface area contributed by atoms with Gasteiger partial charge in [0.2, 0.25) is 0 Å². The zero-order chi connectivity index (χ0) is 15.2. The predicted molar refractivity (Wildman–Crippen MR) is 89.3 cm³/mol. The van der Waals surface area contributed by atoms with Gasteiger partial charge in [0.1, 0.15) is 0 Å². The zero-order valence-corrected chi connectivity index (χ0v) is 12.7. The van der Waals surface area contributed by atoms with Crippen LogP contribution in [0.3, 0.4) is 0 Å². The summed E-state index contributed by atoms with van der Waals surface area (Å²) in [5, 5.41) is 16.0. The van der Waals surface area contributed by atoms with E-state index in [4.69, 9.17) is 5.21 Å². The number of benzene rings is 2. The number of rotatable bonds is 4. The Labute approximate surface area is 131 Å². The molecule has 2 aromatic rings. The van der Waals surface area contributed by atoms with Crippen molar-refractivity contribution in [1.29, 1.82) is 0 Å². The van der Waals surface area contributed by atoms with E-state index < -0.39 is 0 Å². The number of oxime groups is 1. The average molecular weight is 294 g/mol. The first-order chi connectivity index (χ1) is 10.9. The molecule has 3 heteroatoms. The van der Waals surface area contributed by atoms with Crippen LogP contribution in [0.15, 0.2) is 65.8 Å². The van der Waals surface area contributed by atoms with E-state index in [1.54, 1.807) is 0 Å². The molecule has 0 bridgehead atoms. The molecule has 1 saturated carbocycles. The quantitative estimate of drug-likeness (QED) is 0.657. The van der Waals surface area contributed by atoms with Crippen LogP contribution in [0.5, 0.6) is 0 Å². The van der Waals surface area contributed by atoms with Crippen LogP contribution in [0, 0.1) is 0 Å². The smallest absolute Gasteiger partial charge is 0.0578 e. The minimum atomic E-state index is 0.208. The van der Waals surface area contributed by atoms with Crippen molar-refractivity contribution in [2.45, 2.75) is 37.8 Å². The van der Waals surface area contributed by atoms with E-state index in [1.165, 1.54) is 11.1 Å². The van der Waals surface area contributed by atoms with Crippen LogP contribution in [0.2, 0.25) is 0 Å². The molecular weight excluding hydrogens is 272 g/mol. The summed E-state index contributed by atoms with van der Waals surface area (Å²) in [4.78, 5) is 0. The van der Waals surface area contributed by atoms with Crippen molar-refractivity contribution in [2.24, 2.45) is 5.16 Å². The summed E-state index contributed by atoms with van der Waals surface area (Å²) in [6.45, 7) is 0. The first-order valence-electron chi connectivity index (χ1n) is 7.92. The highest BCUT2D eigenvalue weighted by Crippen LogP contribution is 2.25. The molecule has 0 spiro atoms. The highest BCUT2D eigenvalue weighted by atomic mass is 16.4. The minimum absolute atomic E-state index is 0.208. The molecule has 0 heterocycles. The summed E-state index contributed by atoms with van der Waals surface area (Å²) in [7, 11) is 0. The fourth-order valence-corrected chi connectivity index (χ4v) is 3.13. The summed E-state index contributed by atoms with van der Waals surface area (Å²) in [5.74, 6) is 0. The van der Waals surface area contributed by atoms with Crippen molar-refractivity contribution in [1.82, 2.24) is 5.32 Å². The molecule has 0 atom stereocenters. The molecule has 2 aromatic carbocycles. The van der Waals surface area contributed by atoms with E-state index in [1.807, 2.05) is 0 Å². The third-order valence-corrected chi connectivity index (χ3v) is 4.37.